The van der Waals surface area contributed by atoms with E-state index in [1.54, 1.807) is 41.3 Å². The zero-order valence-corrected chi connectivity index (χ0v) is 25.9. The highest BCUT2D eigenvalue weighted by Gasteiger charge is 2.30. The van der Waals surface area contributed by atoms with E-state index in [9.17, 15) is 18.0 Å². The maximum Gasteiger partial charge on any atom is 0.243 e. The maximum atomic E-state index is 13.8. The van der Waals surface area contributed by atoms with E-state index in [-0.39, 0.29) is 43.7 Å². The summed E-state index contributed by atoms with van der Waals surface area (Å²) in [6, 6.07) is 22.5. The number of hydrogen-bond acceptors (Lipinski definition) is 4. The van der Waals surface area contributed by atoms with E-state index in [2.05, 4.69) is 5.32 Å². The van der Waals surface area contributed by atoms with Crippen molar-refractivity contribution in [3.8, 4) is 0 Å². The smallest absolute Gasteiger partial charge is 0.243 e. The monoisotopic (exact) mass is 617 g/mol. The van der Waals surface area contributed by atoms with Crippen LogP contribution in [0, 0.1) is 5.92 Å². The molecule has 3 aromatic rings. The SMILES string of the molecule is CC(C)CNC(=O)[C@H](Cc1ccccc1)N(Cc1cccc(Cl)c1)C(=O)CCCN(c1ccc(Cl)cc1)S(C)(=O)=O. The molecule has 3 aromatic carbocycles. The predicted molar refractivity (Wildman–Crippen MR) is 167 cm³/mol. The Morgan fingerprint density at radius 1 is 0.878 bits per heavy atom. The van der Waals surface area contributed by atoms with Crippen LogP contribution in [-0.2, 0) is 32.6 Å². The molecule has 0 saturated heterocycles. The van der Waals surface area contributed by atoms with Crippen molar-refractivity contribution in [1.29, 1.82) is 0 Å². The summed E-state index contributed by atoms with van der Waals surface area (Å²) in [6.07, 6.45) is 1.76. The van der Waals surface area contributed by atoms with Gasteiger partial charge in [-0.1, -0.05) is 79.5 Å². The van der Waals surface area contributed by atoms with Gasteiger partial charge in [0.25, 0.3) is 0 Å². The van der Waals surface area contributed by atoms with Gasteiger partial charge in [0.2, 0.25) is 21.8 Å². The largest absolute Gasteiger partial charge is 0.354 e. The lowest BCUT2D eigenvalue weighted by Gasteiger charge is -2.32. The lowest BCUT2D eigenvalue weighted by molar-refractivity contribution is -0.141. The number of carbonyl (C=O) groups is 2. The molecule has 0 unspecified atom stereocenters. The molecule has 0 aliphatic rings. The molecule has 7 nitrogen and oxygen atoms in total. The molecule has 0 saturated carbocycles. The standard InChI is InChI=1S/C31H37Cl2N3O4S/c1-23(2)21-34-31(38)29(20-24-9-5-4-6-10-24)35(22-25-11-7-12-27(33)19-25)30(37)13-8-18-36(41(3,39)40)28-16-14-26(32)15-17-28/h4-7,9-12,14-17,19,23,29H,8,13,18,20-22H2,1-3H3,(H,34,38)/t29-/m0/s1. The van der Waals surface area contributed by atoms with Crippen LogP contribution in [0.4, 0.5) is 5.69 Å². The van der Waals surface area contributed by atoms with E-state index in [0.717, 1.165) is 17.4 Å². The molecule has 0 heterocycles. The number of benzene rings is 3. The molecule has 1 atom stereocenters. The van der Waals surface area contributed by atoms with Gasteiger partial charge in [-0.2, -0.15) is 0 Å². The normalized spacial score (nSPS) is 12.1. The highest BCUT2D eigenvalue weighted by Crippen LogP contribution is 2.22. The maximum absolute atomic E-state index is 13.8. The van der Waals surface area contributed by atoms with Gasteiger partial charge in [0.1, 0.15) is 6.04 Å². The Balaban J connectivity index is 1.87. The molecule has 0 radical (unpaired) electrons. The third kappa shape index (κ3) is 10.4. The van der Waals surface area contributed by atoms with E-state index >= 15 is 0 Å². The molecule has 0 bridgehead atoms. The van der Waals surface area contributed by atoms with Crippen LogP contribution in [0.1, 0.15) is 37.8 Å². The molecule has 41 heavy (non-hydrogen) atoms. The van der Waals surface area contributed by atoms with Gasteiger partial charge in [0.05, 0.1) is 11.9 Å². The second-order valence-electron chi connectivity index (χ2n) is 10.4. The summed E-state index contributed by atoms with van der Waals surface area (Å²) in [7, 11) is -3.60. The van der Waals surface area contributed by atoms with Crippen molar-refractivity contribution < 1.29 is 18.0 Å². The van der Waals surface area contributed by atoms with Crippen molar-refractivity contribution in [3.05, 3.63) is 100 Å². The molecule has 0 aromatic heterocycles. The summed E-state index contributed by atoms with van der Waals surface area (Å²) in [5.41, 5.74) is 2.18. The Kier molecular flexibility index (Phi) is 12.1. The van der Waals surface area contributed by atoms with Crippen LogP contribution in [0.25, 0.3) is 0 Å². The number of sulfonamides is 1. The summed E-state index contributed by atoms with van der Waals surface area (Å²) < 4.78 is 26.4. The van der Waals surface area contributed by atoms with E-state index in [1.807, 2.05) is 56.3 Å². The molecule has 1 N–H and O–H groups in total. The first-order valence-corrected chi connectivity index (χ1v) is 16.1. The summed E-state index contributed by atoms with van der Waals surface area (Å²) in [4.78, 5) is 29.0. The summed E-state index contributed by atoms with van der Waals surface area (Å²) in [5, 5.41) is 4.03. The molecule has 10 heteroatoms. The van der Waals surface area contributed by atoms with E-state index in [4.69, 9.17) is 23.2 Å². The first kappa shape index (κ1) is 32.4. The van der Waals surface area contributed by atoms with Gasteiger partial charge in [0, 0.05) is 42.5 Å². The molecular weight excluding hydrogens is 581 g/mol. The van der Waals surface area contributed by atoms with Crippen LogP contribution in [0.5, 0.6) is 0 Å². The minimum absolute atomic E-state index is 0.0446. The minimum Gasteiger partial charge on any atom is -0.354 e. The van der Waals surface area contributed by atoms with E-state index in [1.165, 1.54) is 4.31 Å². The third-order valence-corrected chi connectivity index (χ3v) is 8.15. The minimum atomic E-state index is -3.60. The van der Waals surface area contributed by atoms with Gasteiger partial charge in [-0.3, -0.25) is 13.9 Å². The fourth-order valence-corrected chi connectivity index (χ4v) is 5.72. The van der Waals surface area contributed by atoms with Crippen molar-refractivity contribution in [3.63, 3.8) is 0 Å². The van der Waals surface area contributed by atoms with Crippen LogP contribution in [-0.4, -0.2) is 50.5 Å². The first-order valence-electron chi connectivity index (χ1n) is 13.5. The Morgan fingerprint density at radius 3 is 2.15 bits per heavy atom. The Labute approximate surface area is 253 Å². The molecule has 0 aliphatic carbocycles. The number of carbonyl (C=O) groups excluding carboxylic acids is 2. The van der Waals surface area contributed by atoms with Gasteiger partial charge < -0.3 is 10.2 Å². The van der Waals surface area contributed by atoms with Crippen LogP contribution < -0.4 is 9.62 Å². The first-order chi connectivity index (χ1) is 19.4. The molecule has 0 fully saturated rings. The number of anilines is 1. The lowest BCUT2D eigenvalue weighted by Crippen LogP contribution is -2.51. The fraction of sp³-hybridized carbons (Fsp3) is 0.355. The molecule has 3 rings (SSSR count). The van der Waals surface area contributed by atoms with Crippen LogP contribution in [0.2, 0.25) is 10.0 Å². The Bertz CT molecular complexity index is 1400. The third-order valence-electron chi connectivity index (χ3n) is 6.46. The zero-order chi connectivity index (χ0) is 30.0. The quantitative estimate of drug-likeness (QED) is 0.242. The van der Waals surface area contributed by atoms with Gasteiger partial charge in [-0.15, -0.1) is 0 Å². The van der Waals surface area contributed by atoms with Gasteiger partial charge >= 0.3 is 0 Å². The number of nitrogens with zero attached hydrogens (tertiary/aromatic N) is 2. The van der Waals surface area contributed by atoms with Crippen LogP contribution in [0.3, 0.4) is 0 Å². The Morgan fingerprint density at radius 2 is 1.54 bits per heavy atom. The van der Waals surface area contributed by atoms with Crippen molar-refractivity contribution >= 4 is 50.7 Å². The average Bonchev–Trinajstić information content (AvgIpc) is 2.92. The van der Waals surface area contributed by atoms with Gasteiger partial charge in [-0.25, -0.2) is 8.42 Å². The second kappa shape index (κ2) is 15.2. The highest BCUT2D eigenvalue weighted by atomic mass is 35.5. The van der Waals surface area contributed by atoms with E-state index in [0.29, 0.717) is 28.7 Å². The number of nitrogens with one attached hydrogen (secondary N) is 1. The lowest BCUT2D eigenvalue weighted by atomic mass is 10.0. The molecule has 0 spiro atoms. The van der Waals surface area contributed by atoms with Crippen molar-refractivity contribution in [2.24, 2.45) is 5.92 Å². The topological polar surface area (TPSA) is 86.8 Å². The second-order valence-corrected chi connectivity index (χ2v) is 13.2. The fourth-order valence-electron chi connectivity index (χ4n) is 4.42. The predicted octanol–water partition coefficient (Wildman–Crippen LogP) is 5.95. The number of rotatable bonds is 14. The molecule has 0 aliphatic heterocycles. The van der Waals surface area contributed by atoms with Crippen LogP contribution >= 0.6 is 23.2 Å². The number of hydrogen-bond donors (Lipinski definition) is 1. The highest BCUT2D eigenvalue weighted by molar-refractivity contribution is 7.92. The van der Waals surface area contributed by atoms with Crippen molar-refractivity contribution in [1.82, 2.24) is 10.2 Å². The van der Waals surface area contributed by atoms with E-state index < -0.39 is 16.1 Å². The molecule has 220 valence electrons. The Hall–Kier alpha value is -3.07. The summed E-state index contributed by atoms with van der Waals surface area (Å²) >= 11 is 12.2. The van der Waals surface area contributed by atoms with Crippen molar-refractivity contribution in [2.45, 2.75) is 45.7 Å². The van der Waals surface area contributed by atoms with Crippen molar-refractivity contribution in [2.75, 3.05) is 23.7 Å². The van der Waals surface area contributed by atoms with Crippen LogP contribution in [0.15, 0.2) is 78.9 Å². The number of amides is 2. The average molecular weight is 619 g/mol. The summed E-state index contributed by atoms with van der Waals surface area (Å²) in [6.45, 7) is 4.78. The molecule has 2 amide bonds. The van der Waals surface area contributed by atoms with Gasteiger partial charge in [0.15, 0.2) is 0 Å². The van der Waals surface area contributed by atoms with Gasteiger partial charge in [-0.05, 0) is 59.9 Å². The molecular formula is C31H37Cl2N3O4S. The summed E-state index contributed by atoms with van der Waals surface area (Å²) in [5.74, 6) is -0.254. The number of halogens is 2. The zero-order valence-electron chi connectivity index (χ0n) is 23.6.